The monoisotopic (exact) mass is 314 g/mol. The summed E-state index contributed by atoms with van der Waals surface area (Å²) in [6.45, 7) is 4.37. The van der Waals surface area contributed by atoms with Crippen LogP contribution in [0.1, 0.15) is 104 Å². The van der Waals surface area contributed by atoms with E-state index < -0.39 is 5.97 Å². The Morgan fingerprint density at radius 3 is 1.82 bits per heavy atom. The van der Waals surface area contributed by atoms with Crippen molar-refractivity contribution in [1.82, 2.24) is 0 Å². The van der Waals surface area contributed by atoms with Crippen molar-refractivity contribution in [3.05, 3.63) is 0 Å². The Kier molecular flexibility index (Phi) is 14.9. The van der Waals surface area contributed by atoms with Crippen LogP contribution >= 0.6 is 0 Å². The second kappa shape index (κ2) is 15.3. The van der Waals surface area contributed by atoms with Gasteiger partial charge in [0.15, 0.2) is 0 Å². The van der Waals surface area contributed by atoms with Gasteiger partial charge in [0, 0.05) is 0 Å². The lowest BCUT2D eigenvalue weighted by Crippen LogP contribution is -2.17. The third-order valence-electron chi connectivity index (χ3n) is 4.49. The highest BCUT2D eigenvalue weighted by atomic mass is 16.4. The van der Waals surface area contributed by atoms with Crippen LogP contribution in [0.15, 0.2) is 0 Å². The number of unbranched alkanes of at least 4 members (excludes halogenated alkanes) is 8. The van der Waals surface area contributed by atoms with E-state index in [0.29, 0.717) is 12.8 Å². The van der Waals surface area contributed by atoms with Gasteiger partial charge in [-0.1, -0.05) is 78.1 Å². The molecule has 22 heavy (non-hydrogen) atoms. The molecule has 0 amide bonds. The van der Waals surface area contributed by atoms with Crippen LogP contribution in [0.25, 0.3) is 0 Å². The second-order valence-electron chi connectivity index (χ2n) is 6.67. The van der Waals surface area contributed by atoms with Gasteiger partial charge in [-0.25, -0.2) is 0 Å². The van der Waals surface area contributed by atoms with Gasteiger partial charge in [0.1, 0.15) is 0 Å². The maximum atomic E-state index is 11.3. The number of carbonyl (C=O) groups is 1. The fourth-order valence-corrected chi connectivity index (χ4v) is 2.91. The summed E-state index contributed by atoms with van der Waals surface area (Å²) < 4.78 is 0. The third-order valence-corrected chi connectivity index (χ3v) is 4.49. The SMILES string of the molecule is CCCCCCCCC(O)CCC(CCCCCC)C(=O)O. The van der Waals surface area contributed by atoms with Crippen LogP contribution in [0, 0.1) is 5.92 Å². The van der Waals surface area contributed by atoms with E-state index in [9.17, 15) is 15.0 Å². The molecule has 0 spiro atoms. The zero-order valence-corrected chi connectivity index (χ0v) is 14.9. The lowest BCUT2D eigenvalue weighted by Gasteiger charge is -2.15. The highest BCUT2D eigenvalue weighted by Crippen LogP contribution is 2.19. The van der Waals surface area contributed by atoms with Gasteiger partial charge in [-0.05, 0) is 25.7 Å². The molecule has 0 fully saturated rings. The maximum absolute atomic E-state index is 11.3. The lowest BCUT2D eigenvalue weighted by atomic mass is 9.93. The topological polar surface area (TPSA) is 57.5 Å². The quantitative estimate of drug-likeness (QED) is 0.367. The van der Waals surface area contributed by atoms with E-state index in [1.54, 1.807) is 0 Å². The van der Waals surface area contributed by atoms with Gasteiger partial charge >= 0.3 is 5.97 Å². The molecular weight excluding hydrogens is 276 g/mol. The molecule has 132 valence electrons. The number of carboxylic acid groups (broad SMARTS) is 1. The van der Waals surface area contributed by atoms with E-state index in [0.717, 1.165) is 32.1 Å². The maximum Gasteiger partial charge on any atom is 0.306 e. The molecule has 0 heterocycles. The van der Waals surface area contributed by atoms with E-state index in [4.69, 9.17) is 0 Å². The molecule has 0 rings (SSSR count). The van der Waals surface area contributed by atoms with Crippen molar-refractivity contribution in [2.75, 3.05) is 0 Å². The fourth-order valence-electron chi connectivity index (χ4n) is 2.91. The Morgan fingerprint density at radius 2 is 1.23 bits per heavy atom. The molecule has 0 aliphatic carbocycles. The first-order chi connectivity index (χ1) is 10.6. The molecule has 0 aromatic heterocycles. The van der Waals surface area contributed by atoms with Gasteiger partial charge in [-0.3, -0.25) is 4.79 Å². The Morgan fingerprint density at radius 1 is 0.727 bits per heavy atom. The highest BCUT2D eigenvalue weighted by molar-refractivity contribution is 5.69. The van der Waals surface area contributed by atoms with Crippen molar-refractivity contribution in [2.24, 2.45) is 5.92 Å². The average Bonchev–Trinajstić information content (AvgIpc) is 2.49. The summed E-state index contributed by atoms with van der Waals surface area (Å²) >= 11 is 0. The summed E-state index contributed by atoms with van der Waals surface area (Å²) in [4.78, 5) is 11.3. The van der Waals surface area contributed by atoms with Crippen LogP contribution in [-0.2, 0) is 4.79 Å². The van der Waals surface area contributed by atoms with Gasteiger partial charge in [-0.2, -0.15) is 0 Å². The van der Waals surface area contributed by atoms with Gasteiger partial charge in [0.25, 0.3) is 0 Å². The molecule has 0 saturated heterocycles. The first-order valence-electron chi connectivity index (χ1n) is 9.52. The van der Waals surface area contributed by atoms with Crippen molar-refractivity contribution < 1.29 is 15.0 Å². The smallest absolute Gasteiger partial charge is 0.306 e. The Bertz CT molecular complexity index is 253. The molecule has 2 N–H and O–H groups in total. The minimum absolute atomic E-state index is 0.268. The van der Waals surface area contributed by atoms with Crippen molar-refractivity contribution >= 4 is 5.97 Å². The van der Waals surface area contributed by atoms with Crippen LogP contribution in [0.4, 0.5) is 0 Å². The van der Waals surface area contributed by atoms with E-state index in [-0.39, 0.29) is 12.0 Å². The number of rotatable bonds is 16. The molecule has 0 aliphatic rings. The Hall–Kier alpha value is -0.570. The van der Waals surface area contributed by atoms with Crippen LogP contribution in [0.2, 0.25) is 0 Å². The van der Waals surface area contributed by atoms with Crippen LogP contribution in [-0.4, -0.2) is 22.3 Å². The molecular formula is C19H38O3. The van der Waals surface area contributed by atoms with E-state index in [1.165, 1.54) is 44.9 Å². The first kappa shape index (κ1) is 21.4. The molecule has 3 nitrogen and oxygen atoms in total. The summed E-state index contributed by atoms with van der Waals surface area (Å²) in [5, 5.41) is 19.3. The summed E-state index contributed by atoms with van der Waals surface area (Å²) in [5.74, 6) is -0.959. The van der Waals surface area contributed by atoms with E-state index in [1.807, 2.05) is 0 Å². The summed E-state index contributed by atoms with van der Waals surface area (Å²) in [6, 6.07) is 0. The molecule has 0 aromatic rings. The van der Waals surface area contributed by atoms with Crippen molar-refractivity contribution in [3.63, 3.8) is 0 Å². The molecule has 2 atom stereocenters. The number of carboxylic acids is 1. The highest BCUT2D eigenvalue weighted by Gasteiger charge is 2.18. The minimum atomic E-state index is -0.691. The zero-order chi connectivity index (χ0) is 16.6. The minimum Gasteiger partial charge on any atom is -0.481 e. The van der Waals surface area contributed by atoms with E-state index in [2.05, 4.69) is 13.8 Å². The second-order valence-corrected chi connectivity index (χ2v) is 6.67. The lowest BCUT2D eigenvalue weighted by molar-refractivity contribution is -0.142. The Balaban J connectivity index is 3.68. The molecule has 3 heteroatoms. The zero-order valence-electron chi connectivity index (χ0n) is 14.9. The number of aliphatic hydroxyl groups excluding tert-OH is 1. The van der Waals surface area contributed by atoms with Gasteiger partial charge in [0.2, 0.25) is 0 Å². The first-order valence-corrected chi connectivity index (χ1v) is 9.52. The summed E-state index contributed by atoms with van der Waals surface area (Å²) in [6.07, 6.45) is 14.4. The number of hydrogen-bond donors (Lipinski definition) is 2. The van der Waals surface area contributed by atoms with Crippen molar-refractivity contribution in [2.45, 2.75) is 110 Å². The molecule has 0 bridgehead atoms. The Labute approximate surface area is 137 Å². The molecule has 0 aliphatic heterocycles. The molecule has 2 unspecified atom stereocenters. The molecule has 0 saturated carbocycles. The van der Waals surface area contributed by atoms with Gasteiger partial charge in [0.05, 0.1) is 12.0 Å². The number of hydrogen-bond acceptors (Lipinski definition) is 2. The average molecular weight is 315 g/mol. The van der Waals surface area contributed by atoms with Gasteiger partial charge < -0.3 is 10.2 Å². The number of aliphatic hydroxyl groups is 1. The number of aliphatic carboxylic acids is 1. The molecule has 0 aromatic carbocycles. The predicted molar refractivity (Wildman–Crippen MR) is 93.1 cm³/mol. The normalized spacial score (nSPS) is 14.0. The standard InChI is InChI=1S/C19H38O3/c1-3-5-7-9-10-12-14-18(20)16-15-17(19(21)22)13-11-8-6-4-2/h17-18,20H,3-16H2,1-2H3,(H,21,22). The van der Waals surface area contributed by atoms with Crippen molar-refractivity contribution in [1.29, 1.82) is 0 Å². The summed E-state index contributed by atoms with van der Waals surface area (Å²) in [7, 11) is 0. The van der Waals surface area contributed by atoms with Crippen LogP contribution in [0.5, 0.6) is 0 Å². The van der Waals surface area contributed by atoms with Gasteiger partial charge in [-0.15, -0.1) is 0 Å². The largest absolute Gasteiger partial charge is 0.481 e. The third kappa shape index (κ3) is 13.1. The fraction of sp³-hybridized carbons (Fsp3) is 0.947. The van der Waals surface area contributed by atoms with E-state index >= 15 is 0 Å². The molecule has 0 radical (unpaired) electrons. The van der Waals surface area contributed by atoms with Crippen LogP contribution in [0.3, 0.4) is 0 Å². The van der Waals surface area contributed by atoms with Crippen LogP contribution < -0.4 is 0 Å². The predicted octanol–water partition coefficient (Wildman–Crippen LogP) is 5.55. The van der Waals surface area contributed by atoms with Crippen molar-refractivity contribution in [3.8, 4) is 0 Å². The summed E-state index contributed by atoms with van der Waals surface area (Å²) in [5.41, 5.74) is 0.